The average molecular weight is 309 g/mol. The van der Waals surface area contributed by atoms with Gasteiger partial charge in [-0.2, -0.15) is 0 Å². The summed E-state index contributed by atoms with van der Waals surface area (Å²) < 4.78 is 5.10. The molecule has 0 saturated carbocycles. The first-order valence-electron chi connectivity index (χ1n) is 7.38. The van der Waals surface area contributed by atoms with Gasteiger partial charge in [0.05, 0.1) is 0 Å². The van der Waals surface area contributed by atoms with Crippen LogP contribution in [-0.4, -0.2) is 17.7 Å². The average Bonchev–Trinajstić information content (AvgIpc) is 2.55. The Morgan fingerprint density at radius 3 is 2.74 bits per heavy atom. The van der Waals surface area contributed by atoms with E-state index in [1.165, 1.54) is 0 Å². The number of carbonyl (C=O) groups excluding carboxylic acids is 1. The largest absolute Gasteiger partial charge is 0.508 e. The molecule has 0 fully saturated rings. The summed E-state index contributed by atoms with van der Waals surface area (Å²) in [5.74, 6) is 6.24. The van der Waals surface area contributed by atoms with Gasteiger partial charge < -0.3 is 15.2 Å². The van der Waals surface area contributed by atoms with Gasteiger partial charge in [0.15, 0.2) is 0 Å². The third-order valence-electron chi connectivity index (χ3n) is 3.17. The van der Waals surface area contributed by atoms with Crippen LogP contribution < -0.4 is 5.32 Å². The number of carbonyl (C=O) groups is 1. The predicted molar refractivity (Wildman–Crippen MR) is 89.0 cm³/mol. The number of rotatable bonds is 4. The van der Waals surface area contributed by atoms with Crippen molar-refractivity contribution < 1.29 is 14.6 Å². The van der Waals surface area contributed by atoms with Gasteiger partial charge in [-0.1, -0.05) is 42.2 Å². The first kappa shape index (κ1) is 16.4. The number of phenolic OH excluding ortho intramolecular Hbond substituents is 1. The van der Waals surface area contributed by atoms with E-state index in [0.29, 0.717) is 13.0 Å². The molecule has 0 spiro atoms. The van der Waals surface area contributed by atoms with Crippen molar-refractivity contribution in [2.75, 3.05) is 6.54 Å². The van der Waals surface area contributed by atoms with Crippen molar-refractivity contribution in [3.8, 4) is 17.6 Å². The summed E-state index contributed by atoms with van der Waals surface area (Å²) in [6.45, 7) is 2.58. The van der Waals surface area contributed by atoms with Crippen LogP contribution in [0.4, 0.5) is 4.79 Å². The lowest BCUT2D eigenvalue weighted by molar-refractivity contribution is 0.140. The minimum absolute atomic E-state index is 0.232. The maximum absolute atomic E-state index is 11.5. The molecule has 4 nitrogen and oxygen atoms in total. The van der Waals surface area contributed by atoms with Crippen molar-refractivity contribution in [1.29, 1.82) is 0 Å². The summed E-state index contributed by atoms with van der Waals surface area (Å²) in [6, 6.07) is 14.6. The van der Waals surface area contributed by atoms with Crippen LogP contribution in [0.2, 0.25) is 0 Å². The van der Waals surface area contributed by atoms with Crippen LogP contribution >= 0.6 is 0 Å². The number of alkyl carbamates (subject to hydrolysis) is 1. The summed E-state index contributed by atoms with van der Waals surface area (Å²) in [7, 11) is 0. The number of amides is 1. The number of ether oxygens (including phenoxy) is 1. The van der Waals surface area contributed by atoms with Crippen LogP contribution in [0, 0.1) is 18.8 Å². The normalized spacial score (nSPS) is 9.61. The smallest absolute Gasteiger partial charge is 0.407 e. The number of nitrogens with one attached hydrogen (secondary N) is 1. The molecule has 0 aromatic heterocycles. The van der Waals surface area contributed by atoms with Gasteiger partial charge in [0.2, 0.25) is 0 Å². The second-order valence-electron chi connectivity index (χ2n) is 5.04. The molecule has 0 bridgehead atoms. The highest BCUT2D eigenvalue weighted by molar-refractivity contribution is 5.67. The molecule has 0 atom stereocenters. The van der Waals surface area contributed by atoms with Gasteiger partial charge in [0.25, 0.3) is 0 Å². The molecule has 23 heavy (non-hydrogen) atoms. The fraction of sp³-hybridized carbons (Fsp3) is 0.211. The summed E-state index contributed by atoms with van der Waals surface area (Å²) in [6.07, 6.45) is 0.0808. The third-order valence-corrected chi connectivity index (χ3v) is 3.17. The summed E-state index contributed by atoms with van der Waals surface area (Å²) in [5.41, 5.74) is 2.74. The first-order chi connectivity index (χ1) is 11.1. The molecule has 0 unspecified atom stereocenters. The lowest BCUT2D eigenvalue weighted by Gasteiger charge is -2.05. The Balaban J connectivity index is 1.69. The molecular formula is C19H19NO3. The zero-order valence-electron chi connectivity index (χ0n) is 13.0. The zero-order chi connectivity index (χ0) is 16.5. The molecule has 1 amide bonds. The van der Waals surface area contributed by atoms with Crippen LogP contribution in [0.1, 0.15) is 23.1 Å². The molecule has 4 heteroatoms. The first-order valence-corrected chi connectivity index (χ1v) is 7.38. The number of aryl methyl sites for hydroxylation is 1. The number of benzene rings is 2. The van der Waals surface area contributed by atoms with Crippen LogP contribution in [0.25, 0.3) is 0 Å². The predicted octanol–water partition coefficient (Wildman–Crippen LogP) is 3.37. The summed E-state index contributed by atoms with van der Waals surface area (Å²) in [5, 5.41) is 12.0. The Morgan fingerprint density at radius 1 is 1.22 bits per heavy atom. The number of aromatic hydroxyl groups is 1. The molecule has 0 aliphatic heterocycles. The SMILES string of the molecule is Cc1cc(O)ccc1C#CCCNC(=O)OCc1ccccc1. The number of phenols is 1. The fourth-order valence-corrected chi connectivity index (χ4v) is 1.95. The lowest BCUT2D eigenvalue weighted by atomic mass is 10.1. The van der Waals surface area contributed by atoms with E-state index < -0.39 is 6.09 Å². The molecule has 2 N–H and O–H groups in total. The van der Waals surface area contributed by atoms with Gasteiger partial charge >= 0.3 is 6.09 Å². The maximum Gasteiger partial charge on any atom is 0.407 e. The number of hydrogen-bond donors (Lipinski definition) is 2. The molecule has 2 aromatic rings. The molecule has 0 aliphatic rings. The van der Waals surface area contributed by atoms with E-state index >= 15 is 0 Å². The maximum atomic E-state index is 11.5. The second kappa shape index (κ2) is 8.50. The minimum Gasteiger partial charge on any atom is -0.508 e. The Hall–Kier alpha value is -2.93. The second-order valence-corrected chi connectivity index (χ2v) is 5.04. The molecular weight excluding hydrogens is 290 g/mol. The van der Waals surface area contributed by atoms with Gasteiger partial charge in [0, 0.05) is 18.5 Å². The Morgan fingerprint density at radius 2 is 2.00 bits per heavy atom. The molecule has 118 valence electrons. The Labute approximate surface area is 136 Å². The Bertz CT molecular complexity index is 714. The van der Waals surface area contributed by atoms with E-state index in [0.717, 1.165) is 16.7 Å². The molecule has 0 aliphatic carbocycles. The van der Waals surface area contributed by atoms with Crippen molar-refractivity contribution in [1.82, 2.24) is 5.32 Å². The highest BCUT2D eigenvalue weighted by Gasteiger charge is 2.00. The van der Waals surface area contributed by atoms with Crippen LogP contribution in [0.3, 0.4) is 0 Å². The topological polar surface area (TPSA) is 58.6 Å². The molecule has 0 radical (unpaired) electrons. The van der Waals surface area contributed by atoms with E-state index in [9.17, 15) is 9.90 Å². The highest BCUT2D eigenvalue weighted by atomic mass is 16.5. The summed E-state index contributed by atoms with van der Waals surface area (Å²) >= 11 is 0. The van der Waals surface area contributed by atoms with Crippen molar-refractivity contribution in [3.63, 3.8) is 0 Å². The van der Waals surface area contributed by atoms with E-state index in [1.807, 2.05) is 37.3 Å². The van der Waals surface area contributed by atoms with E-state index in [-0.39, 0.29) is 12.4 Å². The fourth-order valence-electron chi connectivity index (χ4n) is 1.95. The van der Waals surface area contributed by atoms with E-state index in [2.05, 4.69) is 17.2 Å². The molecule has 2 rings (SSSR count). The van der Waals surface area contributed by atoms with E-state index in [4.69, 9.17) is 4.74 Å². The van der Waals surface area contributed by atoms with E-state index in [1.54, 1.807) is 18.2 Å². The van der Waals surface area contributed by atoms with Crippen molar-refractivity contribution in [2.45, 2.75) is 20.0 Å². The van der Waals surface area contributed by atoms with Gasteiger partial charge in [-0.15, -0.1) is 0 Å². The van der Waals surface area contributed by atoms with Crippen LogP contribution in [-0.2, 0) is 11.3 Å². The highest BCUT2D eigenvalue weighted by Crippen LogP contribution is 2.14. The van der Waals surface area contributed by atoms with Crippen molar-refractivity contribution in [3.05, 3.63) is 65.2 Å². The molecule has 2 aromatic carbocycles. The quantitative estimate of drug-likeness (QED) is 0.672. The lowest BCUT2D eigenvalue weighted by Crippen LogP contribution is -2.24. The monoisotopic (exact) mass is 309 g/mol. The third kappa shape index (κ3) is 5.76. The van der Waals surface area contributed by atoms with Gasteiger partial charge in [-0.05, 0) is 36.2 Å². The Kier molecular flexibility index (Phi) is 6.07. The van der Waals surface area contributed by atoms with Gasteiger partial charge in [-0.25, -0.2) is 4.79 Å². The van der Waals surface area contributed by atoms with Crippen LogP contribution in [0.15, 0.2) is 48.5 Å². The molecule has 0 heterocycles. The number of hydrogen-bond acceptors (Lipinski definition) is 3. The minimum atomic E-state index is -0.448. The van der Waals surface area contributed by atoms with Crippen LogP contribution in [0.5, 0.6) is 5.75 Å². The standard InChI is InChI=1S/C19H19NO3/c1-15-13-18(21)11-10-17(15)9-5-6-12-20-19(22)23-14-16-7-3-2-4-8-16/h2-4,7-8,10-11,13,21H,6,12,14H2,1H3,(H,20,22). The van der Waals surface area contributed by atoms with Gasteiger partial charge in [-0.3, -0.25) is 0 Å². The van der Waals surface area contributed by atoms with Gasteiger partial charge in [0.1, 0.15) is 12.4 Å². The summed E-state index contributed by atoms with van der Waals surface area (Å²) in [4.78, 5) is 11.5. The zero-order valence-corrected chi connectivity index (χ0v) is 13.0. The van der Waals surface area contributed by atoms with Crippen molar-refractivity contribution in [2.24, 2.45) is 0 Å². The van der Waals surface area contributed by atoms with Crippen molar-refractivity contribution >= 4 is 6.09 Å². The molecule has 0 saturated heterocycles.